The fourth-order valence-electron chi connectivity index (χ4n) is 2.35. The maximum Gasteiger partial charge on any atom is 0.226 e. The molecule has 1 aromatic heterocycles. The fourth-order valence-corrected chi connectivity index (χ4v) is 3.11. The molecule has 0 aliphatic carbocycles. The Morgan fingerprint density at radius 1 is 1.11 bits per heavy atom. The summed E-state index contributed by atoms with van der Waals surface area (Å²) in [6.45, 7) is 6.88. The molecule has 0 saturated heterocycles. The van der Waals surface area contributed by atoms with Crippen LogP contribution in [0, 0.1) is 0 Å². The first-order valence-electron chi connectivity index (χ1n) is 9.39. The number of nitrogens with one attached hydrogen (secondary N) is 1. The number of ether oxygens (including phenoxy) is 1. The number of anilines is 1. The lowest BCUT2D eigenvalue weighted by molar-refractivity contribution is -0.116. The van der Waals surface area contributed by atoms with Gasteiger partial charge in [0.2, 0.25) is 11.0 Å². The number of aromatic nitrogens is 2. The van der Waals surface area contributed by atoms with Crippen molar-refractivity contribution in [1.29, 1.82) is 0 Å². The Hall–Kier alpha value is -2.28. The number of Topliss-reactive ketones (excluding diaryl/α,β-unsaturated/α-hetero) is 1. The van der Waals surface area contributed by atoms with Gasteiger partial charge in [0.05, 0.1) is 6.61 Å². The third-order valence-electron chi connectivity index (χ3n) is 3.95. The number of hydrogen-bond donors (Lipinski definition) is 1. The fraction of sp³-hybridized carbons (Fsp3) is 0.500. The van der Waals surface area contributed by atoms with Crippen molar-refractivity contribution in [2.75, 3.05) is 11.9 Å². The lowest BCUT2D eigenvalue weighted by Gasteiger charge is -2.06. The number of ketones is 1. The highest BCUT2D eigenvalue weighted by molar-refractivity contribution is 7.15. The van der Waals surface area contributed by atoms with E-state index in [-0.39, 0.29) is 30.4 Å². The summed E-state index contributed by atoms with van der Waals surface area (Å²) in [7, 11) is 0. The lowest BCUT2D eigenvalue weighted by Crippen LogP contribution is -2.13. The quantitative estimate of drug-likeness (QED) is 0.440. The van der Waals surface area contributed by atoms with Crippen LogP contribution in [-0.4, -0.2) is 28.5 Å². The number of carbonyl (C=O) groups excluding carboxylic acids is 2. The van der Waals surface area contributed by atoms with Crippen molar-refractivity contribution in [3.63, 3.8) is 0 Å². The molecule has 0 saturated carbocycles. The predicted molar refractivity (Wildman–Crippen MR) is 108 cm³/mol. The highest BCUT2D eigenvalue weighted by Crippen LogP contribution is 2.22. The molecule has 146 valence electrons. The summed E-state index contributed by atoms with van der Waals surface area (Å²) in [6, 6.07) is 7.09. The van der Waals surface area contributed by atoms with Crippen molar-refractivity contribution in [3.8, 4) is 5.75 Å². The smallest absolute Gasteiger partial charge is 0.226 e. The zero-order chi connectivity index (χ0) is 19.6. The highest BCUT2D eigenvalue weighted by atomic mass is 32.1. The van der Waals surface area contributed by atoms with Crippen LogP contribution < -0.4 is 10.1 Å². The van der Waals surface area contributed by atoms with Crippen LogP contribution in [0.1, 0.15) is 74.2 Å². The minimum atomic E-state index is -0.231. The van der Waals surface area contributed by atoms with Gasteiger partial charge in [-0.3, -0.25) is 9.59 Å². The number of benzene rings is 1. The van der Waals surface area contributed by atoms with Crippen LogP contribution >= 0.6 is 11.3 Å². The molecule has 0 unspecified atom stereocenters. The van der Waals surface area contributed by atoms with Crippen LogP contribution in [0.5, 0.6) is 5.75 Å². The van der Waals surface area contributed by atoms with Gasteiger partial charge >= 0.3 is 0 Å². The number of unbranched alkanes of at least 4 members (excludes halogenated alkanes) is 2. The zero-order valence-electron chi connectivity index (χ0n) is 16.2. The van der Waals surface area contributed by atoms with Crippen LogP contribution in [0.4, 0.5) is 5.13 Å². The zero-order valence-corrected chi connectivity index (χ0v) is 17.0. The molecule has 1 N–H and O–H groups in total. The third kappa shape index (κ3) is 7.09. The van der Waals surface area contributed by atoms with Gasteiger partial charge in [-0.2, -0.15) is 0 Å². The molecule has 1 aromatic carbocycles. The maximum atomic E-state index is 12.3. The van der Waals surface area contributed by atoms with Crippen molar-refractivity contribution in [1.82, 2.24) is 10.2 Å². The minimum Gasteiger partial charge on any atom is -0.494 e. The first kappa shape index (κ1) is 21.0. The normalized spacial score (nSPS) is 10.8. The Labute approximate surface area is 164 Å². The van der Waals surface area contributed by atoms with Gasteiger partial charge in [0.1, 0.15) is 10.8 Å². The molecule has 0 aliphatic rings. The second-order valence-electron chi connectivity index (χ2n) is 6.65. The molecule has 0 aliphatic heterocycles. The molecule has 0 fully saturated rings. The molecule has 0 bridgehead atoms. The Morgan fingerprint density at radius 2 is 1.85 bits per heavy atom. The monoisotopic (exact) mass is 389 g/mol. The van der Waals surface area contributed by atoms with Gasteiger partial charge in [-0.15, -0.1) is 10.2 Å². The SMILES string of the molecule is CCCCCOc1ccc(C(=O)CCC(=O)Nc2nnc(C(C)C)s2)cc1. The number of hydrogen-bond acceptors (Lipinski definition) is 6. The van der Waals surface area contributed by atoms with Crippen LogP contribution in [-0.2, 0) is 4.79 Å². The van der Waals surface area contributed by atoms with Crippen molar-refractivity contribution in [2.45, 2.75) is 58.8 Å². The summed E-state index contributed by atoms with van der Waals surface area (Å²) < 4.78 is 5.64. The summed E-state index contributed by atoms with van der Waals surface area (Å²) in [4.78, 5) is 24.3. The minimum absolute atomic E-state index is 0.0668. The Kier molecular flexibility index (Phi) is 8.39. The molecule has 0 radical (unpaired) electrons. The maximum absolute atomic E-state index is 12.3. The number of amides is 1. The first-order valence-corrected chi connectivity index (χ1v) is 10.2. The van der Waals surface area contributed by atoms with Gasteiger partial charge in [-0.1, -0.05) is 44.9 Å². The van der Waals surface area contributed by atoms with E-state index in [4.69, 9.17) is 4.74 Å². The summed E-state index contributed by atoms with van der Waals surface area (Å²) in [5, 5.41) is 12.0. The van der Waals surface area contributed by atoms with Gasteiger partial charge in [0, 0.05) is 24.3 Å². The molecule has 1 heterocycles. The van der Waals surface area contributed by atoms with E-state index < -0.39 is 0 Å². The highest BCUT2D eigenvalue weighted by Gasteiger charge is 2.13. The van der Waals surface area contributed by atoms with Gasteiger partial charge in [-0.25, -0.2) is 0 Å². The molecular formula is C20H27N3O3S. The van der Waals surface area contributed by atoms with Crippen LogP contribution in [0.2, 0.25) is 0 Å². The van der Waals surface area contributed by atoms with E-state index in [0.29, 0.717) is 17.3 Å². The van der Waals surface area contributed by atoms with E-state index in [1.807, 2.05) is 13.8 Å². The number of rotatable bonds is 11. The van der Waals surface area contributed by atoms with Gasteiger partial charge in [-0.05, 0) is 30.7 Å². The summed E-state index contributed by atoms with van der Waals surface area (Å²) in [6.07, 6.45) is 3.60. The molecule has 0 atom stereocenters. The third-order valence-corrected chi connectivity index (χ3v) is 5.09. The van der Waals surface area contributed by atoms with E-state index in [2.05, 4.69) is 22.4 Å². The summed E-state index contributed by atoms with van der Waals surface area (Å²) in [5.74, 6) is 0.736. The molecule has 7 heteroatoms. The summed E-state index contributed by atoms with van der Waals surface area (Å²) in [5.41, 5.74) is 0.585. The Morgan fingerprint density at radius 3 is 2.48 bits per heavy atom. The predicted octanol–water partition coefficient (Wildman–Crippen LogP) is 4.83. The standard InChI is InChI=1S/C20H27N3O3S/c1-4-5-6-13-26-16-9-7-15(8-10-16)17(24)11-12-18(25)21-20-23-22-19(27-20)14(2)3/h7-10,14H,4-6,11-13H2,1-3H3,(H,21,23,25). The van der Waals surface area contributed by atoms with E-state index in [0.717, 1.165) is 30.0 Å². The van der Waals surface area contributed by atoms with Gasteiger partial charge in [0.25, 0.3) is 0 Å². The van der Waals surface area contributed by atoms with Crippen molar-refractivity contribution < 1.29 is 14.3 Å². The lowest BCUT2D eigenvalue weighted by atomic mass is 10.1. The first-order chi connectivity index (χ1) is 13.0. The molecule has 2 aromatic rings. The van der Waals surface area contributed by atoms with E-state index in [1.165, 1.54) is 11.3 Å². The molecule has 2 rings (SSSR count). The molecule has 27 heavy (non-hydrogen) atoms. The van der Waals surface area contributed by atoms with E-state index in [9.17, 15) is 9.59 Å². The van der Waals surface area contributed by atoms with Gasteiger partial charge in [0.15, 0.2) is 5.78 Å². The van der Waals surface area contributed by atoms with Crippen molar-refractivity contribution in [2.24, 2.45) is 0 Å². The molecule has 0 spiro atoms. The number of nitrogens with zero attached hydrogens (tertiary/aromatic N) is 2. The van der Waals surface area contributed by atoms with Crippen LogP contribution in [0.15, 0.2) is 24.3 Å². The Balaban J connectivity index is 1.76. The van der Waals surface area contributed by atoms with Crippen LogP contribution in [0.3, 0.4) is 0 Å². The average molecular weight is 390 g/mol. The van der Waals surface area contributed by atoms with Crippen molar-refractivity contribution in [3.05, 3.63) is 34.8 Å². The number of carbonyl (C=O) groups is 2. The van der Waals surface area contributed by atoms with Gasteiger partial charge < -0.3 is 10.1 Å². The molecule has 1 amide bonds. The largest absolute Gasteiger partial charge is 0.494 e. The molecule has 6 nitrogen and oxygen atoms in total. The van der Waals surface area contributed by atoms with Crippen LogP contribution in [0.25, 0.3) is 0 Å². The second kappa shape index (κ2) is 10.8. The second-order valence-corrected chi connectivity index (χ2v) is 7.66. The topological polar surface area (TPSA) is 81.2 Å². The van der Waals surface area contributed by atoms with E-state index in [1.54, 1.807) is 24.3 Å². The van der Waals surface area contributed by atoms with Crippen molar-refractivity contribution >= 4 is 28.2 Å². The summed E-state index contributed by atoms with van der Waals surface area (Å²) >= 11 is 1.36. The average Bonchev–Trinajstić information content (AvgIpc) is 3.12. The molecular weight excluding hydrogens is 362 g/mol. The van der Waals surface area contributed by atoms with E-state index >= 15 is 0 Å². The Bertz CT molecular complexity index is 741.